The van der Waals surface area contributed by atoms with Crippen LogP contribution < -0.4 is 0 Å². The van der Waals surface area contributed by atoms with Crippen LogP contribution in [0.4, 0.5) is 4.39 Å². The van der Waals surface area contributed by atoms with Crippen molar-refractivity contribution in [3.8, 4) is 0 Å². The van der Waals surface area contributed by atoms with Gasteiger partial charge in [-0.25, -0.2) is 4.39 Å². The second-order valence-electron chi connectivity index (χ2n) is 5.93. The maximum absolute atomic E-state index is 13.1. The van der Waals surface area contributed by atoms with Crippen LogP contribution in [0.1, 0.15) is 22.2 Å². The molecule has 1 aromatic heterocycles. The molecule has 0 radical (unpaired) electrons. The van der Waals surface area contributed by atoms with Crippen LogP contribution in [0.2, 0.25) is 0 Å². The zero-order valence-corrected chi connectivity index (χ0v) is 14.8. The number of fused-ring (bicyclic) bond motifs is 1. The summed E-state index contributed by atoms with van der Waals surface area (Å²) in [5.41, 5.74) is 1.51. The molecule has 0 bridgehead atoms. The number of ether oxygens (including phenoxy) is 1. The predicted octanol–water partition coefficient (Wildman–Crippen LogP) is 4.55. The zero-order chi connectivity index (χ0) is 17.4. The lowest BCUT2D eigenvalue weighted by Gasteiger charge is -2.32. The summed E-state index contributed by atoms with van der Waals surface area (Å²) < 4.78 is 25.4. The molecule has 0 aliphatic carbocycles. The molecule has 3 aromatic rings. The Morgan fingerprint density at radius 1 is 1.20 bits per heavy atom. The van der Waals surface area contributed by atoms with Crippen molar-refractivity contribution in [3.05, 3.63) is 70.1 Å². The molecular weight excluding hydrogens is 389 g/mol. The quantitative estimate of drug-likeness (QED) is 0.630. The summed E-state index contributed by atoms with van der Waals surface area (Å²) in [7, 11) is 0. The van der Waals surface area contributed by atoms with Crippen LogP contribution in [-0.4, -0.2) is 30.5 Å². The first kappa shape index (κ1) is 16.3. The van der Waals surface area contributed by atoms with E-state index in [1.807, 2.05) is 18.2 Å². The lowest BCUT2D eigenvalue weighted by atomic mass is 10.1. The Morgan fingerprint density at radius 2 is 2.00 bits per heavy atom. The van der Waals surface area contributed by atoms with Crippen molar-refractivity contribution >= 4 is 32.8 Å². The average molecular weight is 404 g/mol. The number of hydrogen-bond acceptors (Lipinski definition) is 3. The highest BCUT2D eigenvalue weighted by Gasteiger charge is 2.28. The molecule has 0 spiro atoms. The predicted molar refractivity (Wildman–Crippen MR) is 94.9 cm³/mol. The van der Waals surface area contributed by atoms with E-state index in [2.05, 4.69) is 15.9 Å². The monoisotopic (exact) mass is 403 g/mol. The fraction of sp³-hybridized carbons (Fsp3) is 0.211. The first-order chi connectivity index (χ1) is 12.1. The number of carbonyl (C=O) groups excluding carboxylic acids is 1. The standard InChI is InChI=1S/C19H15BrFNO3/c20-15-3-1-2-13-10-16(25-18(13)15)19(23)22-8-9-24-17(11-22)12-4-6-14(21)7-5-12/h1-7,10,17H,8-9,11H2/t17-/m1/s1. The number of morpholine rings is 1. The van der Waals surface area contributed by atoms with Crippen molar-refractivity contribution in [2.24, 2.45) is 0 Å². The number of nitrogens with zero attached hydrogens (tertiary/aromatic N) is 1. The minimum atomic E-state index is -0.291. The lowest BCUT2D eigenvalue weighted by Crippen LogP contribution is -2.42. The third-order valence-electron chi connectivity index (χ3n) is 4.30. The van der Waals surface area contributed by atoms with Gasteiger partial charge in [0.2, 0.25) is 0 Å². The fourth-order valence-electron chi connectivity index (χ4n) is 3.00. The SMILES string of the molecule is O=C(c1cc2cccc(Br)c2o1)N1CCO[C@@H](c2ccc(F)cc2)C1. The largest absolute Gasteiger partial charge is 0.450 e. The maximum Gasteiger partial charge on any atom is 0.289 e. The van der Waals surface area contributed by atoms with Gasteiger partial charge in [0.05, 0.1) is 17.6 Å². The van der Waals surface area contributed by atoms with Crippen LogP contribution in [0.5, 0.6) is 0 Å². The second-order valence-corrected chi connectivity index (χ2v) is 6.79. The highest BCUT2D eigenvalue weighted by Crippen LogP contribution is 2.29. The van der Waals surface area contributed by atoms with Crippen molar-refractivity contribution in [2.75, 3.05) is 19.7 Å². The summed E-state index contributed by atoms with van der Waals surface area (Å²) in [6, 6.07) is 13.6. The van der Waals surface area contributed by atoms with E-state index < -0.39 is 0 Å². The van der Waals surface area contributed by atoms with E-state index in [4.69, 9.17) is 9.15 Å². The molecule has 2 aromatic carbocycles. The molecule has 1 aliphatic heterocycles. The van der Waals surface area contributed by atoms with E-state index in [9.17, 15) is 9.18 Å². The van der Waals surface area contributed by atoms with E-state index in [0.29, 0.717) is 31.0 Å². The van der Waals surface area contributed by atoms with E-state index in [0.717, 1.165) is 15.4 Å². The summed E-state index contributed by atoms with van der Waals surface area (Å²) in [6.45, 7) is 1.33. The first-order valence-electron chi connectivity index (χ1n) is 7.96. The van der Waals surface area contributed by atoms with Crippen molar-refractivity contribution in [2.45, 2.75) is 6.10 Å². The van der Waals surface area contributed by atoms with Gasteiger partial charge in [-0.05, 0) is 45.8 Å². The molecule has 0 saturated carbocycles. The smallest absolute Gasteiger partial charge is 0.289 e. The van der Waals surface area contributed by atoms with Crippen molar-refractivity contribution in [1.82, 2.24) is 4.90 Å². The highest BCUT2D eigenvalue weighted by atomic mass is 79.9. The number of benzene rings is 2. The Kier molecular flexibility index (Phi) is 4.31. The van der Waals surface area contributed by atoms with Crippen LogP contribution in [0, 0.1) is 5.82 Å². The molecule has 128 valence electrons. The Bertz CT molecular complexity index is 922. The highest BCUT2D eigenvalue weighted by molar-refractivity contribution is 9.10. The Morgan fingerprint density at radius 3 is 2.76 bits per heavy atom. The minimum absolute atomic E-state index is 0.168. The first-order valence-corrected chi connectivity index (χ1v) is 8.75. The fourth-order valence-corrected chi connectivity index (χ4v) is 3.46. The van der Waals surface area contributed by atoms with E-state index >= 15 is 0 Å². The number of carbonyl (C=O) groups is 1. The molecule has 0 unspecified atom stereocenters. The van der Waals surface area contributed by atoms with Gasteiger partial charge in [-0.15, -0.1) is 0 Å². The van der Waals surface area contributed by atoms with Crippen LogP contribution >= 0.6 is 15.9 Å². The van der Waals surface area contributed by atoms with Crippen molar-refractivity contribution in [3.63, 3.8) is 0 Å². The molecular formula is C19H15BrFNO3. The van der Waals surface area contributed by atoms with Gasteiger partial charge in [-0.3, -0.25) is 4.79 Å². The van der Waals surface area contributed by atoms with Gasteiger partial charge in [0.1, 0.15) is 17.5 Å². The Hall–Kier alpha value is -2.18. The number of furan rings is 1. The molecule has 1 aliphatic rings. The molecule has 1 atom stereocenters. The van der Waals surface area contributed by atoms with E-state index in [1.54, 1.807) is 23.1 Å². The van der Waals surface area contributed by atoms with Crippen LogP contribution in [-0.2, 0) is 4.74 Å². The molecule has 25 heavy (non-hydrogen) atoms. The minimum Gasteiger partial charge on any atom is -0.450 e. The van der Waals surface area contributed by atoms with Crippen LogP contribution in [0.3, 0.4) is 0 Å². The molecule has 2 heterocycles. The summed E-state index contributed by atoms with van der Waals surface area (Å²) in [6.07, 6.45) is -0.269. The number of para-hydroxylation sites is 1. The van der Waals surface area contributed by atoms with Gasteiger partial charge in [0.25, 0.3) is 5.91 Å². The topological polar surface area (TPSA) is 42.7 Å². The zero-order valence-electron chi connectivity index (χ0n) is 13.2. The van der Waals surface area contributed by atoms with Crippen LogP contribution in [0.25, 0.3) is 11.0 Å². The van der Waals surface area contributed by atoms with E-state index in [-0.39, 0.29) is 17.8 Å². The normalized spacial score (nSPS) is 17.8. The van der Waals surface area contributed by atoms with Gasteiger partial charge in [-0.2, -0.15) is 0 Å². The van der Waals surface area contributed by atoms with Gasteiger partial charge < -0.3 is 14.1 Å². The van der Waals surface area contributed by atoms with E-state index in [1.165, 1.54) is 12.1 Å². The summed E-state index contributed by atoms with van der Waals surface area (Å²) in [4.78, 5) is 14.5. The number of rotatable bonds is 2. The van der Waals surface area contributed by atoms with Gasteiger partial charge in [0, 0.05) is 11.9 Å². The van der Waals surface area contributed by atoms with Crippen molar-refractivity contribution < 1.29 is 18.3 Å². The number of halogens is 2. The third kappa shape index (κ3) is 3.19. The summed E-state index contributed by atoms with van der Waals surface area (Å²) in [5, 5.41) is 0.876. The summed E-state index contributed by atoms with van der Waals surface area (Å²) in [5.74, 6) is -0.152. The summed E-state index contributed by atoms with van der Waals surface area (Å²) >= 11 is 3.43. The number of hydrogen-bond donors (Lipinski definition) is 0. The van der Waals surface area contributed by atoms with Gasteiger partial charge in [-0.1, -0.05) is 24.3 Å². The van der Waals surface area contributed by atoms with Gasteiger partial charge in [0.15, 0.2) is 5.76 Å². The maximum atomic E-state index is 13.1. The third-order valence-corrected chi connectivity index (χ3v) is 4.93. The molecule has 1 saturated heterocycles. The molecule has 4 rings (SSSR count). The molecule has 1 fully saturated rings. The van der Waals surface area contributed by atoms with Gasteiger partial charge >= 0.3 is 0 Å². The van der Waals surface area contributed by atoms with Crippen molar-refractivity contribution in [1.29, 1.82) is 0 Å². The lowest BCUT2D eigenvalue weighted by molar-refractivity contribution is -0.0237. The van der Waals surface area contributed by atoms with Crippen LogP contribution in [0.15, 0.2) is 57.4 Å². The molecule has 0 N–H and O–H groups in total. The number of amides is 1. The second kappa shape index (κ2) is 6.61. The molecule has 4 nitrogen and oxygen atoms in total. The molecule has 6 heteroatoms. The Labute approximate surface area is 152 Å². The molecule has 1 amide bonds. The Balaban J connectivity index is 1.56. The average Bonchev–Trinajstić information content (AvgIpc) is 3.07.